The molecule has 0 amide bonds. The van der Waals surface area contributed by atoms with E-state index in [4.69, 9.17) is 5.14 Å². The Kier molecular flexibility index (Phi) is 8.72. The summed E-state index contributed by atoms with van der Waals surface area (Å²) in [6.07, 6.45) is 7.68. The van der Waals surface area contributed by atoms with Crippen molar-refractivity contribution in [2.45, 2.75) is 57.3 Å². The molecule has 138 valence electrons. The maximum Gasteiger partial charge on any atom is 0.238 e. The third-order valence-corrected chi connectivity index (χ3v) is 5.04. The Morgan fingerprint density at radius 1 is 1.00 bits per heavy atom. The second kappa shape index (κ2) is 10.3. The third-order valence-electron chi connectivity index (χ3n) is 4.11. The van der Waals surface area contributed by atoms with Gasteiger partial charge >= 0.3 is 0 Å². The summed E-state index contributed by atoms with van der Waals surface area (Å²) in [7, 11) is -3.65. The van der Waals surface area contributed by atoms with Crippen molar-refractivity contribution in [1.82, 2.24) is 0 Å². The van der Waals surface area contributed by atoms with E-state index < -0.39 is 15.9 Å². The summed E-state index contributed by atoms with van der Waals surface area (Å²) in [5.74, 6) is -0.421. The van der Waals surface area contributed by atoms with Crippen LogP contribution < -0.4 is 5.14 Å². The van der Waals surface area contributed by atoms with Crippen molar-refractivity contribution in [3.8, 4) is 0 Å². The highest BCUT2D eigenvalue weighted by atomic mass is 32.2. The summed E-state index contributed by atoms with van der Waals surface area (Å²) in [4.78, 5) is 23.7. The van der Waals surface area contributed by atoms with Gasteiger partial charge in [0.15, 0.2) is 0 Å². The molecule has 6 heteroatoms. The zero-order valence-corrected chi connectivity index (χ0v) is 15.7. The van der Waals surface area contributed by atoms with Crippen molar-refractivity contribution >= 4 is 21.6 Å². The van der Waals surface area contributed by atoms with E-state index in [0.717, 1.165) is 18.4 Å². The number of hydrogen-bond donors (Lipinski definition) is 1. The van der Waals surface area contributed by atoms with Crippen LogP contribution in [0.4, 0.5) is 0 Å². The number of carbonyl (C=O) groups excluding carboxylic acids is 2. The Morgan fingerprint density at radius 2 is 1.52 bits per heavy atom. The monoisotopic (exact) mass is 365 g/mol. The lowest BCUT2D eigenvalue weighted by Crippen LogP contribution is -2.22. The van der Waals surface area contributed by atoms with E-state index in [9.17, 15) is 18.0 Å². The first-order valence-corrected chi connectivity index (χ1v) is 10.2. The molecule has 0 saturated carbocycles. The lowest BCUT2D eigenvalue weighted by Gasteiger charge is -2.11. The van der Waals surface area contributed by atoms with Crippen LogP contribution in [0.3, 0.4) is 0 Å². The summed E-state index contributed by atoms with van der Waals surface area (Å²) in [5.41, 5.74) is 1.03. The highest BCUT2D eigenvalue weighted by Gasteiger charge is 2.22. The van der Waals surface area contributed by atoms with Gasteiger partial charge in [-0.3, -0.25) is 9.59 Å². The first kappa shape index (κ1) is 21.3. The predicted molar refractivity (Wildman–Crippen MR) is 98.6 cm³/mol. The highest BCUT2D eigenvalue weighted by molar-refractivity contribution is 7.89. The van der Waals surface area contributed by atoms with Crippen LogP contribution in [-0.2, 0) is 26.0 Å². The number of aryl methyl sites for hydroxylation is 1. The number of ketones is 2. The first-order valence-electron chi connectivity index (χ1n) is 8.61. The molecule has 1 aromatic rings. The van der Waals surface area contributed by atoms with Crippen LogP contribution in [0.15, 0.2) is 41.3 Å². The maximum absolute atomic E-state index is 11.8. The van der Waals surface area contributed by atoms with E-state index in [1.807, 2.05) is 12.2 Å². The normalized spacial score (nSPS) is 12.0. The molecule has 0 saturated heterocycles. The molecule has 0 aliphatic heterocycles. The van der Waals surface area contributed by atoms with Crippen LogP contribution in [0, 0.1) is 5.92 Å². The van der Waals surface area contributed by atoms with Crippen LogP contribution in [0.5, 0.6) is 0 Å². The number of nitrogens with two attached hydrogens (primary N) is 1. The number of sulfonamides is 1. The number of rotatable bonds is 11. The summed E-state index contributed by atoms with van der Waals surface area (Å²) in [5, 5.41) is 5.06. The lowest BCUT2D eigenvalue weighted by atomic mass is 9.91. The first-order chi connectivity index (χ1) is 11.8. The maximum atomic E-state index is 11.8. The van der Waals surface area contributed by atoms with Crippen molar-refractivity contribution in [3.63, 3.8) is 0 Å². The molecule has 25 heavy (non-hydrogen) atoms. The highest BCUT2D eigenvalue weighted by Crippen LogP contribution is 2.15. The molecule has 5 nitrogen and oxygen atoms in total. The molecule has 0 aliphatic carbocycles. The van der Waals surface area contributed by atoms with Crippen LogP contribution >= 0.6 is 0 Å². The second-order valence-corrected chi connectivity index (χ2v) is 7.53. The SMILES string of the molecule is CCC(=O)C(CCC=CCCc1ccc(S(N)(=O)=O)cc1)C(=O)CC. The van der Waals surface area contributed by atoms with Crippen LogP contribution in [0.1, 0.15) is 51.5 Å². The van der Waals surface area contributed by atoms with Crippen molar-refractivity contribution in [1.29, 1.82) is 0 Å². The standard InChI is InChI=1S/C19H27NO4S/c1-3-18(21)17(19(22)4-2)10-8-6-5-7-9-15-11-13-16(14-12-15)25(20,23)24/h5-6,11-14,17H,3-4,7-10H2,1-2H3,(H2,20,23,24). The van der Waals surface area contributed by atoms with Gasteiger partial charge in [0.1, 0.15) is 11.6 Å². The number of benzene rings is 1. The van der Waals surface area contributed by atoms with E-state index in [1.54, 1.807) is 26.0 Å². The second-order valence-electron chi connectivity index (χ2n) is 5.97. The minimum atomic E-state index is -3.65. The number of carbonyl (C=O) groups is 2. The average Bonchev–Trinajstić information content (AvgIpc) is 2.59. The minimum Gasteiger partial charge on any atom is -0.299 e. The molecule has 0 radical (unpaired) electrons. The fraction of sp³-hybridized carbons (Fsp3) is 0.474. The van der Waals surface area contributed by atoms with E-state index in [1.165, 1.54) is 12.1 Å². The number of primary sulfonamides is 1. The molecule has 0 spiro atoms. The van der Waals surface area contributed by atoms with Crippen molar-refractivity contribution < 1.29 is 18.0 Å². The van der Waals surface area contributed by atoms with Crippen LogP contribution in [-0.4, -0.2) is 20.0 Å². The minimum absolute atomic E-state index is 0.0233. The molecular formula is C19H27NO4S. The van der Waals surface area contributed by atoms with Crippen molar-refractivity contribution in [2.75, 3.05) is 0 Å². The van der Waals surface area contributed by atoms with E-state index in [2.05, 4.69) is 0 Å². The Morgan fingerprint density at radius 3 is 2.00 bits per heavy atom. The summed E-state index contributed by atoms with van der Waals surface area (Å²) >= 11 is 0. The van der Waals surface area contributed by atoms with Gasteiger partial charge < -0.3 is 0 Å². The molecule has 1 rings (SSSR count). The fourth-order valence-electron chi connectivity index (χ4n) is 2.59. The predicted octanol–water partition coefficient (Wildman–Crippen LogP) is 3.18. The number of Topliss-reactive ketones (excluding diaryl/α,β-unsaturated/α-hetero) is 2. The summed E-state index contributed by atoms with van der Waals surface area (Å²) in [6.45, 7) is 3.57. The Hall–Kier alpha value is -1.79. The zero-order chi connectivity index (χ0) is 18.9. The zero-order valence-electron chi connectivity index (χ0n) is 14.9. The molecule has 0 unspecified atom stereocenters. The third kappa shape index (κ3) is 7.32. The van der Waals surface area contributed by atoms with Gasteiger partial charge in [-0.25, -0.2) is 13.6 Å². The molecule has 0 aliphatic rings. The van der Waals surface area contributed by atoms with Gasteiger partial charge in [0.05, 0.1) is 10.8 Å². The van der Waals surface area contributed by atoms with E-state index in [0.29, 0.717) is 25.7 Å². The molecular weight excluding hydrogens is 338 g/mol. The fourth-order valence-corrected chi connectivity index (χ4v) is 3.10. The van der Waals surface area contributed by atoms with Gasteiger partial charge in [-0.2, -0.15) is 0 Å². The van der Waals surface area contributed by atoms with Gasteiger partial charge in [-0.1, -0.05) is 38.1 Å². The number of hydrogen-bond acceptors (Lipinski definition) is 4. The molecule has 0 fully saturated rings. The van der Waals surface area contributed by atoms with Crippen LogP contribution in [0.2, 0.25) is 0 Å². The smallest absolute Gasteiger partial charge is 0.238 e. The van der Waals surface area contributed by atoms with Gasteiger partial charge in [-0.15, -0.1) is 0 Å². The molecule has 0 heterocycles. The Labute approximate surface area is 150 Å². The molecule has 1 aromatic carbocycles. The van der Waals surface area contributed by atoms with Crippen molar-refractivity contribution in [3.05, 3.63) is 42.0 Å². The average molecular weight is 365 g/mol. The quantitative estimate of drug-likeness (QED) is 0.481. The lowest BCUT2D eigenvalue weighted by molar-refractivity contribution is -0.132. The Bertz CT molecular complexity index is 689. The Balaban J connectivity index is 2.43. The van der Waals surface area contributed by atoms with Gasteiger partial charge in [0.2, 0.25) is 10.0 Å². The van der Waals surface area contributed by atoms with E-state index in [-0.39, 0.29) is 16.5 Å². The van der Waals surface area contributed by atoms with E-state index >= 15 is 0 Å². The number of allylic oxidation sites excluding steroid dienone is 2. The molecule has 0 bridgehead atoms. The van der Waals surface area contributed by atoms with Gasteiger partial charge in [-0.05, 0) is 43.4 Å². The van der Waals surface area contributed by atoms with Crippen molar-refractivity contribution in [2.24, 2.45) is 11.1 Å². The van der Waals surface area contributed by atoms with Crippen LogP contribution in [0.25, 0.3) is 0 Å². The largest absolute Gasteiger partial charge is 0.299 e. The summed E-state index contributed by atoms with van der Waals surface area (Å²) in [6, 6.07) is 6.52. The van der Waals surface area contributed by atoms with Gasteiger partial charge in [0.25, 0.3) is 0 Å². The molecule has 0 aromatic heterocycles. The topological polar surface area (TPSA) is 94.3 Å². The molecule has 0 atom stereocenters. The van der Waals surface area contributed by atoms with Gasteiger partial charge in [0, 0.05) is 12.8 Å². The summed E-state index contributed by atoms with van der Waals surface area (Å²) < 4.78 is 22.4. The molecule has 2 N–H and O–H groups in total.